The molecule has 0 radical (unpaired) electrons. The van der Waals surface area contributed by atoms with Gasteiger partial charge in [-0.05, 0) is 12.8 Å². The lowest BCUT2D eigenvalue weighted by Gasteiger charge is -2.45. The van der Waals surface area contributed by atoms with Gasteiger partial charge in [-0.1, -0.05) is 13.0 Å². The molecule has 66 valence electrons. The SMILES string of the molecule is CC(O)C1C(=O)N2C=CC(C)C12. The molecule has 2 rings (SSSR count). The first-order chi connectivity index (χ1) is 5.63. The van der Waals surface area contributed by atoms with Crippen LogP contribution >= 0.6 is 0 Å². The van der Waals surface area contributed by atoms with Crippen molar-refractivity contribution in [1.29, 1.82) is 0 Å². The summed E-state index contributed by atoms with van der Waals surface area (Å²) in [6, 6.07) is 0.220. The summed E-state index contributed by atoms with van der Waals surface area (Å²) in [6.07, 6.45) is 3.34. The van der Waals surface area contributed by atoms with E-state index in [4.69, 9.17) is 0 Å². The van der Waals surface area contributed by atoms with Crippen molar-refractivity contribution < 1.29 is 9.90 Å². The molecule has 0 aliphatic carbocycles. The topological polar surface area (TPSA) is 40.5 Å². The van der Waals surface area contributed by atoms with Crippen molar-refractivity contribution >= 4 is 5.91 Å². The van der Waals surface area contributed by atoms with Gasteiger partial charge in [0.25, 0.3) is 0 Å². The average molecular weight is 167 g/mol. The van der Waals surface area contributed by atoms with Crippen molar-refractivity contribution in [2.45, 2.75) is 26.0 Å². The van der Waals surface area contributed by atoms with Gasteiger partial charge in [0.2, 0.25) is 5.91 Å². The summed E-state index contributed by atoms with van der Waals surface area (Å²) in [7, 11) is 0. The zero-order chi connectivity index (χ0) is 8.88. The molecule has 0 bridgehead atoms. The third-order valence-electron chi connectivity index (χ3n) is 2.84. The standard InChI is InChI=1S/C9H13NO2/c1-5-3-4-10-8(5)7(6(2)11)9(10)12/h3-8,11H,1-2H3. The normalized spacial score (nSPS) is 41.1. The van der Waals surface area contributed by atoms with Crippen molar-refractivity contribution in [2.75, 3.05) is 0 Å². The molecular formula is C9H13NO2. The highest BCUT2D eigenvalue weighted by atomic mass is 16.3. The summed E-state index contributed by atoms with van der Waals surface area (Å²) in [5.41, 5.74) is 0. The van der Waals surface area contributed by atoms with Crippen LogP contribution in [0.1, 0.15) is 13.8 Å². The third-order valence-corrected chi connectivity index (χ3v) is 2.84. The minimum absolute atomic E-state index is 0.0654. The molecule has 1 amide bonds. The van der Waals surface area contributed by atoms with E-state index in [9.17, 15) is 9.90 Å². The summed E-state index contributed by atoms with van der Waals surface area (Å²) in [5, 5.41) is 9.33. The van der Waals surface area contributed by atoms with E-state index < -0.39 is 6.10 Å². The molecule has 0 aromatic carbocycles. The fraction of sp³-hybridized carbons (Fsp3) is 0.667. The second kappa shape index (κ2) is 2.33. The molecule has 3 nitrogen and oxygen atoms in total. The molecular weight excluding hydrogens is 154 g/mol. The largest absolute Gasteiger partial charge is 0.393 e. The quantitative estimate of drug-likeness (QED) is 0.573. The number of aliphatic hydroxyl groups is 1. The van der Waals surface area contributed by atoms with Crippen molar-refractivity contribution in [2.24, 2.45) is 11.8 Å². The van der Waals surface area contributed by atoms with Gasteiger partial charge in [-0.3, -0.25) is 4.79 Å². The Hall–Kier alpha value is -0.830. The third kappa shape index (κ3) is 0.771. The van der Waals surface area contributed by atoms with E-state index in [-0.39, 0.29) is 17.9 Å². The Morgan fingerprint density at radius 3 is 2.92 bits per heavy atom. The van der Waals surface area contributed by atoms with Gasteiger partial charge in [-0.2, -0.15) is 0 Å². The minimum Gasteiger partial charge on any atom is -0.393 e. The van der Waals surface area contributed by atoms with Gasteiger partial charge in [-0.15, -0.1) is 0 Å². The first-order valence-electron chi connectivity index (χ1n) is 4.31. The monoisotopic (exact) mass is 167 g/mol. The number of carbonyl (C=O) groups is 1. The van der Waals surface area contributed by atoms with E-state index in [0.29, 0.717) is 5.92 Å². The van der Waals surface area contributed by atoms with Crippen LogP contribution < -0.4 is 0 Å². The van der Waals surface area contributed by atoms with Gasteiger partial charge >= 0.3 is 0 Å². The van der Waals surface area contributed by atoms with Gasteiger partial charge in [0.15, 0.2) is 0 Å². The van der Waals surface area contributed by atoms with Crippen molar-refractivity contribution in [1.82, 2.24) is 4.90 Å². The van der Waals surface area contributed by atoms with Gasteiger partial charge in [0.05, 0.1) is 18.1 Å². The van der Waals surface area contributed by atoms with Crippen LogP contribution in [0.3, 0.4) is 0 Å². The van der Waals surface area contributed by atoms with E-state index in [0.717, 1.165) is 0 Å². The summed E-state index contributed by atoms with van der Waals surface area (Å²) in [4.78, 5) is 13.1. The van der Waals surface area contributed by atoms with Crippen LogP contribution in [0, 0.1) is 11.8 Å². The molecule has 2 heterocycles. The zero-order valence-electron chi connectivity index (χ0n) is 7.27. The Labute approximate surface area is 71.7 Å². The van der Waals surface area contributed by atoms with Crippen molar-refractivity contribution in [3.8, 4) is 0 Å². The average Bonchev–Trinajstić information content (AvgIpc) is 2.27. The summed E-state index contributed by atoms with van der Waals surface area (Å²) in [5.74, 6) is 0.285. The number of hydrogen-bond acceptors (Lipinski definition) is 2. The van der Waals surface area contributed by atoms with Crippen molar-refractivity contribution in [3.05, 3.63) is 12.3 Å². The van der Waals surface area contributed by atoms with Crippen LogP contribution in [0.5, 0.6) is 0 Å². The summed E-state index contributed by atoms with van der Waals surface area (Å²) < 4.78 is 0. The van der Waals surface area contributed by atoms with Crippen LogP contribution in [0.15, 0.2) is 12.3 Å². The van der Waals surface area contributed by atoms with Crippen LogP contribution in [0.25, 0.3) is 0 Å². The molecule has 1 saturated heterocycles. The van der Waals surface area contributed by atoms with Gasteiger partial charge in [0.1, 0.15) is 0 Å². The van der Waals surface area contributed by atoms with Gasteiger partial charge < -0.3 is 10.0 Å². The number of hydrogen-bond donors (Lipinski definition) is 1. The Morgan fingerprint density at radius 2 is 2.33 bits per heavy atom. The lowest BCUT2D eigenvalue weighted by molar-refractivity contribution is -0.158. The van der Waals surface area contributed by atoms with E-state index in [1.165, 1.54) is 0 Å². The molecule has 1 N–H and O–H groups in total. The first-order valence-corrected chi connectivity index (χ1v) is 4.31. The van der Waals surface area contributed by atoms with Gasteiger partial charge in [0, 0.05) is 6.20 Å². The molecule has 4 unspecified atom stereocenters. The zero-order valence-corrected chi connectivity index (χ0v) is 7.27. The first kappa shape index (κ1) is 7.80. The maximum Gasteiger partial charge on any atom is 0.234 e. The van der Waals surface area contributed by atoms with E-state index in [1.807, 2.05) is 12.3 Å². The van der Waals surface area contributed by atoms with E-state index in [1.54, 1.807) is 11.8 Å². The van der Waals surface area contributed by atoms with Gasteiger partial charge in [-0.25, -0.2) is 0 Å². The lowest BCUT2D eigenvalue weighted by Crippen LogP contribution is -2.61. The summed E-state index contributed by atoms with van der Waals surface area (Å²) in [6.45, 7) is 3.76. The Morgan fingerprint density at radius 1 is 1.67 bits per heavy atom. The Kier molecular flexibility index (Phi) is 1.51. The van der Waals surface area contributed by atoms with Crippen LogP contribution in [-0.2, 0) is 4.79 Å². The predicted octanol–water partition coefficient (Wildman–Crippen LogP) is 0.358. The number of nitrogens with zero attached hydrogens (tertiary/aromatic N) is 1. The second-order valence-corrected chi connectivity index (χ2v) is 3.70. The molecule has 4 atom stereocenters. The lowest BCUT2D eigenvalue weighted by atomic mass is 9.79. The second-order valence-electron chi connectivity index (χ2n) is 3.70. The molecule has 1 fully saturated rings. The molecule has 0 saturated carbocycles. The maximum absolute atomic E-state index is 11.3. The number of carbonyl (C=O) groups excluding carboxylic acids is 1. The number of amides is 1. The Bertz CT molecular complexity index is 247. The smallest absolute Gasteiger partial charge is 0.234 e. The molecule has 2 aliphatic heterocycles. The fourth-order valence-electron chi connectivity index (χ4n) is 2.14. The minimum atomic E-state index is -0.513. The number of rotatable bonds is 1. The van der Waals surface area contributed by atoms with Crippen molar-refractivity contribution in [3.63, 3.8) is 0 Å². The summed E-state index contributed by atoms with van der Waals surface area (Å²) >= 11 is 0. The fourth-order valence-corrected chi connectivity index (χ4v) is 2.14. The molecule has 3 heteroatoms. The van der Waals surface area contributed by atoms with Crippen LogP contribution in [0.4, 0.5) is 0 Å². The molecule has 2 aliphatic rings. The maximum atomic E-state index is 11.3. The highest BCUT2D eigenvalue weighted by Gasteiger charge is 2.52. The van der Waals surface area contributed by atoms with E-state index in [2.05, 4.69) is 6.92 Å². The van der Waals surface area contributed by atoms with E-state index >= 15 is 0 Å². The van der Waals surface area contributed by atoms with Crippen LogP contribution in [0.2, 0.25) is 0 Å². The predicted molar refractivity (Wildman–Crippen MR) is 44.1 cm³/mol. The highest BCUT2D eigenvalue weighted by Crippen LogP contribution is 2.39. The number of fused-ring (bicyclic) bond motifs is 1. The Balaban J connectivity index is 2.17. The van der Waals surface area contributed by atoms with Crippen LogP contribution in [-0.4, -0.2) is 28.1 Å². The molecule has 0 aromatic rings. The molecule has 0 aromatic heterocycles. The number of aliphatic hydroxyl groups excluding tert-OH is 1. The molecule has 0 spiro atoms. The highest BCUT2D eigenvalue weighted by molar-refractivity contribution is 5.88. The number of β-lactam (4-membered cyclic amide) rings is 1. The molecule has 12 heavy (non-hydrogen) atoms.